The predicted octanol–water partition coefficient (Wildman–Crippen LogP) is 2.99. The number of thioether (sulfide) groups is 1. The molecule has 0 saturated heterocycles. The predicted molar refractivity (Wildman–Crippen MR) is 70.3 cm³/mol. The first-order chi connectivity index (χ1) is 7.80. The van der Waals surface area contributed by atoms with Crippen molar-refractivity contribution in [1.82, 2.24) is 5.32 Å². The zero-order valence-corrected chi connectivity index (χ0v) is 11.0. The maximum absolute atomic E-state index is 8.52. The fourth-order valence-electron chi connectivity index (χ4n) is 2.24. The number of hydrogen-bond donors (Lipinski definition) is 1. The molecule has 1 aliphatic carbocycles. The first-order valence-electron chi connectivity index (χ1n) is 6.03. The summed E-state index contributed by atoms with van der Waals surface area (Å²) in [4.78, 5) is 4.45. The number of amidine groups is 1. The van der Waals surface area contributed by atoms with Crippen LogP contribution in [0.4, 0.5) is 0 Å². The summed E-state index contributed by atoms with van der Waals surface area (Å²) >= 11 is 1.50. The van der Waals surface area contributed by atoms with Crippen molar-refractivity contribution in [2.45, 2.75) is 39.0 Å². The summed E-state index contributed by atoms with van der Waals surface area (Å²) in [5.41, 5.74) is 0. The van der Waals surface area contributed by atoms with Crippen LogP contribution in [-0.4, -0.2) is 18.0 Å². The Balaban J connectivity index is 2.30. The van der Waals surface area contributed by atoms with E-state index < -0.39 is 0 Å². The molecule has 0 aromatic rings. The van der Waals surface area contributed by atoms with Crippen LogP contribution >= 0.6 is 11.8 Å². The summed E-state index contributed by atoms with van der Waals surface area (Å²) in [7, 11) is 0. The van der Waals surface area contributed by atoms with Crippen molar-refractivity contribution < 1.29 is 0 Å². The average molecular weight is 239 g/mol. The second-order valence-electron chi connectivity index (χ2n) is 4.38. The van der Waals surface area contributed by atoms with Gasteiger partial charge in [0.15, 0.2) is 11.4 Å². The van der Waals surface area contributed by atoms with Crippen LogP contribution in [0.15, 0.2) is 4.99 Å². The zero-order chi connectivity index (χ0) is 11.8. The van der Waals surface area contributed by atoms with Crippen LogP contribution in [0.2, 0.25) is 0 Å². The van der Waals surface area contributed by atoms with Crippen molar-refractivity contribution in [3.8, 4) is 6.19 Å². The van der Waals surface area contributed by atoms with Crippen LogP contribution in [0.25, 0.3) is 0 Å². The SMILES string of the molecule is CCC1CCC(CN=C(NC#N)SC)CC1. The Bertz CT molecular complexity index is 262. The van der Waals surface area contributed by atoms with Gasteiger partial charge in [0, 0.05) is 6.54 Å². The number of nitriles is 1. The minimum atomic E-state index is 0.727. The second kappa shape index (κ2) is 7.56. The van der Waals surface area contributed by atoms with Crippen LogP contribution in [0.3, 0.4) is 0 Å². The van der Waals surface area contributed by atoms with Crippen LogP contribution in [0.1, 0.15) is 39.0 Å². The molecule has 16 heavy (non-hydrogen) atoms. The van der Waals surface area contributed by atoms with Crippen molar-refractivity contribution in [3.63, 3.8) is 0 Å². The van der Waals surface area contributed by atoms with Crippen LogP contribution in [0.5, 0.6) is 0 Å². The summed E-state index contributed by atoms with van der Waals surface area (Å²) in [5, 5.41) is 11.9. The first kappa shape index (κ1) is 13.4. The lowest BCUT2D eigenvalue weighted by molar-refractivity contribution is 0.275. The monoisotopic (exact) mass is 239 g/mol. The van der Waals surface area contributed by atoms with Crippen molar-refractivity contribution >= 4 is 16.9 Å². The van der Waals surface area contributed by atoms with E-state index in [9.17, 15) is 0 Å². The molecule has 0 heterocycles. The van der Waals surface area contributed by atoms with Crippen LogP contribution in [0, 0.1) is 23.3 Å². The molecule has 0 radical (unpaired) electrons. The summed E-state index contributed by atoms with van der Waals surface area (Å²) in [6.45, 7) is 3.16. The lowest BCUT2D eigenvalue weighted by Crippen LogP contribution is -2.19. The number of hydrogen-bond acceptors (Lipinski definition) is 3. The Labute approximate surface area is 103 Å². The molecule has 1 rings (SSSR count). The van der Waals surface area contributed by atoms with Crippen molar-refractivity contribution in [1.29, 1.82) is 5.26 Å². The summed E-state index contributed by atoms with van der Waals surface area (Å²) < 4.78 is 0. The Morgan fingerprint density at radius 1 is 1.38 bits per heavy atom. The molecule has 0 bridgehead atoms. The lowest BCUT2D eigenvalue weighted by atomic mass is 9.81. The summed E-state index contributed by atoms with van der Waals surface area (Å²) in [6, 6.07) is 0. The highest BCUT2D eigenvalue weighted by atomic mass is 32.2. The van der Waals surface area contributed by atoms with E-state index in [1.807, 2.05) is 12.4 Å². The van der Waals surface area contributed by atoms with E-state index >= 15 is 0 Å². The van der Waals surface area contributed by atoms with Crippen LogP contribution < -0.4 is 5.32 Å². The molecular weight excluding hydrogens is 218 g/mol. The molecule has 1 N–H and O–H groups in total. The van der Waals surface area contributed by atoms with Crippen molar-refractivity contribution in [3.05, 3.63) is 0 Å². The molecule has 1 fully saturated rings. The minimum Gasteiger partial charge on any atom is -0.272 e. The molecule has 0 aromatic carbocycles. The van der Waals surface area contributed by atoms with E-state index in [0.29, 0.717) is 0 Å². The van der Waals surface area contributed by atoms with E-state index in [-0.39, 0.29) is 0 Å². The third-order valence-corrected chi connectivity index (χ3v) is 4.01. The molecule has 1 saturated carbocycles. The molecule has 0 atom stereocenters. The Kier molecular flexibility index (Phi) is 6.32. The van der Waals surface area contributed by atoms with E-state index in [1.165, 1.54) is 43.9 Å². The highest BCUT2D eigenvalue weighted by molar-refractivity contribution is 8.13. The highest BCUT2D eigenvalue weighted by Gasteiger charge is 2.19. The van der Waals surface area contributed by atoms with E-state index in [0.717, 1.165) is 23.5 Å². The second-order valence-corrected chi connectivity index (χ2v) is 5.18. The fourth-order valence-corrected chi connectivity index (χ4v) is 2.59. The summed E-state index contributed by atoms with van der Waals surface area (Å²) in [5.74, 6) is 1.67. The maximum atomic E-state index is 8.52. The smallest absolute Gasteiger partial charge is 0.183 e. The molecule has 0 unspecified atom stereocenters. The minimum absolute atomic E-state index is 0.727. The highest BCUT2D eigenvalue weighted by Crippen LogP contribution is 2.30. The molecule has 1 aliphatic rings. The Morgan fingerprint density at radius 2 is 2.00 bits per heavy atom. The number of nitrogens with zero attached hydrogens (tertiary/aromatic N) is 2. The van der Waals surface area contributed by atoms with Crippen LogP contribution in [-0.2, 0) is 0 Å². The van der Waals surface area contributed by atoms with Gasteiger partial charge in [-0.25, -0.2) is 0 Å². The van der Waals surface area contributed by atoms with Gasteiger partial charge in [0.25, 0.3) is 0 Å². The standard InChI is InChI=1S/C12H21N3S/c1-3-10-4-6-11(7-5-10)8-14-12(16-2)15-9-13/h10-11H,3-8H2,1-2H3,(H,14,15). The van der Waals surface area contributed by atoms with Gasteiger partial charge in [-0.3, -0.25) is 10.3 Å². The number of rotatable bonds is 3. The lowest BCUT2D eigenvalue weighted by Gasteiger charge is -2.26. The zero-order valence-electron chi connectivity index (χ0n) is 10.2. The maximum Gasteiger partial charge on any atom is 0.183 e. The van der Waals surface area contributed by atoms with Gasteiger partial charge in [0.05, 0.1) is 0 Å². The molecule has 0 amide bonds. The number of nitrogens with one attached hydrogen (secondary N) is 1. The fraction of sp³-hybridized carbons (Fsp3) is 0.833. The largest absolute Gasteiger partial charge is 0.272 e. The summed E-state index contributed by atoms with van der Waals surface area (Å²) in [6.07, 6.45) is 10.5. The third kappa shape index (κ3) is 4.44. The van der Waals surface area contributed by atoms with Crippen molar-refractivity contribution in [2.75, 3.05) is 12.8 Å². The Morgan fingerprint density at radius 3 is 2.50 bits per heavy atom. The number of aliphatic imine (C=N–C) groups is 1. The topological polar surface area (TPSA) is 48.2 Å². The van der Waals surface area contributed by atoms with Crippen molar-refractivity contribution in [2.24, 2.45) is 16.8 Å². The average Bonchev–Trinajstić information content (AvgIpc) is 2.35. The van der Waals surface area contributed by atoms with Gasteiger partial charge in [-0.15, -0.1) is 0 Å². The van der Waals surface area contributed by atoms with E-state index in [2.05, 4.69) is 17.2 Å². The van der Waals surface area contributed by atoms with Gasteiger partial charge in [-0.1, -0.05) is 37.9 Å². The molecule has 0 aromatic heterocycles. The molecule has 0 aliphatic heterocycles. The normalized spacial score (nSPS) is 26.2. The quantitative estimate of drug-likeness (QED) is 0.356. The Hall–Kier alpha value is -0.690. The molecule has 90 valence electrons. The third-order valence-electron chi connectivity index (χ3n) is 3.39. The molecule has 0 spiro atoms. The molecule has 3 nitrogen and oxygen atoms in total. The van der Waals surface area contributed by atoms with Gasteiger partial charge in [-0.2, -0.15) is 5.26 Å². The molecular formula is C12H21N3S. The van der Waals surface area contributed by atoms with E-state index in [1.54, 1.807) is 0 Å². The van der Waals surface area contributed by atoms with Gasteiger partial charge in [0.1, 0.15) is 0 Å². The van der Waals surface area contributed by atoms with Gasteiger partial charge < -0.3 is 0 Å². The van der Waals surface area contributed by atoms with Gasteiger partial charge in [-0.05, 0) is 30.9 Å². The van der Waals surface area contributed by atoms with Gasteiger partial charge in [0.2, 0.25) is 0 Å². The molecule has 4 heteroatoms. The van der Waals surface area contributed by atoms with E-state index in [4.69, 9.17) is 5.26 Å². The first-order valence-corrected chi connectivity index (χ1v) is 7.26. The van der Waals surface area contributed by atoms with Gasteiger partial charge >= 0.3 is 0 Å².